The molecule has 0 aliphatic rings. The van der Waals surface area contributed by atoms with E-state index in [0.29, 0.717) is 10.6 Å². The number of rotatable bonds is 5. The van der Waals surface area contributed by atoms with Crippen LogP contribution in [-0.4, -0.2) is 22.4 Å². The maximum Gasteiger partial charge on any atom is 0.223 e. The SMILES string of the molecule is CC(C(C[N+](=O)[O-])c1cccc(Cl)c1)[N+](=O)[O-]. The Bertz CT molecular complexity index is 438. The van der Waals surface area contributed by atoms with Crippen molar-refractivity contribution in [1.82, 2.24) is 0 Å². The van der Waals surface area contributed by atoms with Gasteiger partial charge in [-0.1, -0.05) is 23.7 Å². The topological polar surface area (TPSA) is 86.3 Å². The van der Waals surface area contributed by atoms with Crippen LogP contribution >= 0.6 is 11.6 Å². The second-order valence-electron chi connectivity index (χ2n) is 3.70. The van der Waals surface area contributed by atoms with Crippen LogP contribution in [0.3, 0.4) is 0 Å². The highest BCUT2D eigenvalue weighted by atomic mass is 35.5. The Labute approximate surface area is 103 Å². The molecule has 0 aliphatic carbocycles. The zero-order chi connectivity index (χ0) is 13.0. The molecule has 0 saturated heterocycles. The lowest BCUT2D eigenvalue weighted by Crippen LogP contribution is -2.29. The van der Waals surface area contributed by atoms with Crippen molar-refractivity contribution in [3.63, 3.8) is 0 Å². The van der Waals surface area contributed by atoms with Gasteiger partial charge in [0.1, 0.15) is 5.92 Å². The van der Waals surface area contributed by atoms with Crippen LogP contribution in [0.1, 0.15) is 18.4 Å². The molecule has 92 valence electrons. The van der Waals surface area contributed by atoms with E-state index in [9.17, 15) is 20.2 Å². The van der Waals surface area contributed by atoms with E-state index < -0.39 is 28.4 Å². The van der Waals surface area contributed by atoms with Crippen molar-refractivity contribution >= 4 is 11.6 Å². The second kappa shape index (κ2) is 5.58. The van der Waals surface area contributed by atoms with Gasteiger partial charge in [0.15, 0.2) is 0 Å². The molecule has 7 heteroatoms. The van der Waals surface area contributed by atoms with Crippen molar-refractivity contribution in [2.75, 3.05) is 6.54 Å². The molecule has 0 saturated carbocycles. The van der Waals surface area contributed by atoms with Crippen LogP contribution in [0.5, 0.6) is 0 Å². The molecule has 0 aromatic heterocycles. The van der Waals surface area contributed by atoms with E-state index in [-0.39, 0.29) is 0 Å². The molecule has 0 bridgehead atoms. The maximum atomic E-state index is 10.7. The van der Waals surface area contributed by atoms with Crippen LogP contribution in [0.2, 0.25) is 5.02 Å². The minimum atomic E-state index is -1.03. The van der Waals surface area contributed by atoms with Gasteiger partial charge in [-0.25, -0.2) is 0 Å². The minimum absolute atomic E-state index is 0.409. The molecule has 2 atom stereocenters. The molecule has 0 spiro atoms. The largest absolute Gasteiger partial charge is 0.265 e. The van der Waals surface area contributed by atoms with E-state index >= 15 is 0 Å². The lowest BCUT2D eigenvalue weighted by Gasteiger charge is -2.14. The summed E-state index contributed by atoms with van der Waals surface area (Å²) in [5.74, 6) is -0.779. The highest BCUT2D eigenvalue weighted by Gasteiger charge is 2.32. The fraction of sp³-hybridized carbons (Fsp3) is 0.400. The molecule has 17 heavy (non-hydrogen) atoms. The Morgan fingerprint density at radius 3 is 2.47 bits per heavy atom. The Morgan fingerprint density at radius 2 is 2.00 bits per heavy atom. The lowest BCUT2D eigenvalue weighted by molar-refractivity contribution is -0.543. The third-order valence-electron chi connectivity index (χ3n) is 2.54. The van der Waals surface area contributed by atoms with Gasteiger partial charge in [-0.15, -0.1) is 0 Å². The first-order valence-corrected chi connectivity index (χ1v) is 5.30. The number of nitrogens with zero attached hydrogens (tertiary/aromatic N) is 2. The van der Waals surface area contributed by atoms with E-state index in [1.807, 2.05) is 0 Å². The Hall–Kier alpha value is -1.69. The number of hydrogen-bond donors (Lipinski definition) is 0. The standard InChI is InChI=1S/C10H11ClN2O4/c1-7(13(16)17)10(6-12(14)15)8-3-2-4-9(11)5-8/h2-5,7,10H,6H2,1H3. The molecule has 1 rings (SSSR count). The van der Waals surface area contributed by atoms with E-state index in [0.717, 1.165) is 0 Å². The molecule has 1 aromatic rings. The molecule has 0 N–H and O–H groups in total. The fourth-order valence-corrected chi connectivity index (χ4v) is 1.78. The third kappa shape index (κ3) is 3.67. The molecule has 0 aliphatic heterocycles. The minimum Gasteiger partial charge on any atom is -0.265 e. The fourth-order valence-electron chi connectivity index (χ4n) is 1.58. The summed E-state index contributed by atoms with van der Waals surface area (Å²) in [5.41, 5.74) is 0.512. The number of halogens is 1. The molecular formula is C10H11ClN2O4. The second-order valence-corrected chi connectivity index (χ2v) is 4.14. The van der Waals surface area contributed by atoms with Crippen molar-refractivity contribution in [3.8, 4) is 0 Å². The Balaban J connectivity index is 3.05. The maximum absolute atomic E-state index is 10.7. The highest BCUT2D eigenvalue weighted by Crippen LogP contribution is 2.24. The average molecular weight is 259 g/mol. The van der Waals surface area contributed by atoms with Crippen LogP contribution in [0.25, 0.3) is 0 Å². The predicted octanol–water partition coefficient (Wildman–Crippen LogP) is 2.37. The van der Waals surface area contributed by atoms with Gasteiger partial charge in [0.25, 0.3) is 0 Å². The summed E-state index contributed by atoms with van der Waals surface area (Å²) in [6, 6.07) is 5.34. The zero-order valence-corrected chi connectivity index (χ0v) is 9.83. The van der Waals surface area contributed by atoms with Crippen molar-refractivity contribution in [2.45, 2.75) is 18.9 Å². The summed E-state index contributed by atoms with van der Waals surface area (Å²) in [6.45, 7) is 0.873. The van der Waals surface area contributed by atoms with E-state index in [4.69, 9.17) is 11.6 Å². The summed E-state index contributed by atoms with van der Waals surface area (Å²) in [5, 5.41) is 21.7. The van der Waals surface area contributed by atoms with Gasteiger partial charge in [0.05, 0.1) is 0 Å². The van der Waals surface area contributed by atoms with Crippen LogP contribution in [0, 0.1) is 20.2 Å². The van der Waals surface area contributed by atoms with Crippen molar-refractivity contribution in [1.29, 1.82) is 0 Å². The lowest BCUT2D eigenvalue weighted by atomic mass is 9.93. The number of nitro groups is 2. The van der Waals surface area contributed by atoms with Gasteiger partial charge in [-0.3, -0.25) is 20.2 Å². The molecule has 0 amide bonds. The Kier molecular flexibility index (Phi) is 4.39. The van der Waals surface area contributed by atoms with E-state index in [2.05, 4.69) is 0 Å². The summed E-state index contributed by atoms with van der Waals surface area (Å²) in [6.07, 6.45) is 0. The molecule has 2 unspecified atom stereocenters. The van der Waals surface area contributed by atoms with Gasteiger partial charge in [0, 0.05) is 21.8 Å². The van der Waals surface area contributed by atoms with Crippen LogP contribution < -0.4 is 0 Å². The predicted molar refractivity (Wildman–Crippen MR) is 62.5 cm³/mol. The van der Waals surface area contributed by atoms with Gasteiger partial charge in [-0.2, -0.15) is 0 Å². The van der Waals surface area contributed by atoms with E-state index in [1.54, 1.807) is 18.2 Å². The summed E-state index contributed by atoms with van der Waals surface area (Å²) >= 11 is 5.77. The van der Waals surface area contributed by atoms with Crippen molar-refractivity contribution in [3.05, 3.63) is 55.1 Å². The Morgan fingerprint density at radius 1 is 1.35 bits per heavy atom. The summed E-state index contributed by atoms with van der Waals surface area (Å²) in [7, 11) is 0. The van der Waals surface area contributed by atoms with Gasteiger partial charge in [0.2, 0.25) is 12.6 Å². The van der Waals surface area contributed by atoms with E-state index in [1.165, 1.54) is 13.0 Å². The summed E-state index contributed by atoms with van der Waals surface area (Å²) < 4.78 is 0. The van der Waals surface area contributed by atoms with Gasteiger partial charge in [-0.05, 0) is 17.7 Å². The first kappa shape index (κ1) is 13.4. The first-order chi connectivity index (χ1) is 7.91. The number of benzene rings is 1. The molecular weight excluding hydrogens is 248 g/mol. The molecule has 1 aromatic carbocycles. The van der Waals surface area contributed by atoms with Crippen molar-refractivity contribution in [2.24, 2.45) is 0 Å². The van der Waals surface area contributed by atoms with Crippen molar-refractivity contribution < 1.29 is 9.85 Å². The van der Waals surface area contributed by atoms with Gasteiger partial charge < -0.3 is 0 Å². The normalized spacial score (nSPS) is 14.0. The zero-order valence-electron chi connectivity index (χ0n) is 9.08. The van der Waals surface area contributed by atoms with Crippen LogP contribution in [-0.2, 0) is 0 Å². The third-order valence-corrected chi connectivity index (χ3v) is 2.77. The van der Waals surface area contributed by atoms with Crippen LogP contribution in [0.4, 0.5) is 0 Å². The molecule has 0 fully saturated rings. The van der Waals surface area contributed by atoms with Gasteiger partial charge >= 0.3 is 0 Å². The molecule has 6 nitrogen and oxygen atoms in total. The molecule has 0 heterocycles. The average Bonchev–Trinajstić information content (AvgIpc) is 2.24. The smallest absolute Gasteiger partial charge is 0.223 e. The number of hydrogen-bond acceptors (Lipinski definition) is 4. The molecule has 0 radical (unpaired) electrons. The first-order valence-electron chi connectivity index (χ1n) is 4.92. The van der Waals surface area contributed by atoms with Crippen LogP contribution in [0.15, 0.2) is 24.3 Å². The monoisotopic (exact) mass is 258 g/mol. The highest BCUT2D eigenvalue weighted by molar-refractivity contribution is 6.30. The summed E-state index contributed by atoms with van der Waals surface area (Å²) in [4.78, 5) is 20.2. The quantitative estimate of drug-likeness (QED) is 0.599.